The van der Waals surface area contributed by atoms with E-state index in [2.05, 4.69) is 5.32 Å². The Bertz CT molecular complexity index is 902. The molecule has 146 valence electrons. The highest BCUT2D eigenvalue weighted by Crippen LogP contribution is 2.18. The Hall–Kier alpha value is -2.61. The summed E-state index contributed by atoms with van der Waals surface area (Å²) in [7, 11) is -3.75. The number of nitrogens with one attached hydrogen (secondary N) is 1. The smallest absolute Gasteiger partial charge is 0.241 e. The number of rotatable bonds is 8. The van der Waals surface area contributed by atoms with Gasteiger partial charge in [-0.2, -0.15) is 0 Å². The van der Waals surface area contributed by atoms with Crippen molar-refractivity contribution in [3.8, 4) is 5.75 Å². The Kier molecular flexibility index (Phi) is 6.79. The third-order valence-electron chi connectivity index (χ3n) is 3.77. The van der Waals surface area contributed by atoms with E-state index in [1.165, 1.54) is 18.2 Å². The van der Waals surface area contributed by atoms with Crippen LogP contribution in [0.25, 0.3) is 0 Å². The number of ether oxygens (including phenoxy) is 1. The fourth-order valence-corrected chi connectivity index (χ4v) is 3.31. The molecule has 1 atom stereocenters. The molecule has 0 aliphatic rings. The van der Waals surface area contributed by atoms with Crippen molar-refractivity contribution in [2.75, 3.05) is 23.7 Å². The van der Waals surface area contributed by atoms with Crippen LogP contribution in [-0.2, 0) is 14.8 Å². The van der Waals surface area contributed by atoms with E-state index in [0.29, 0.717) is 0 Å². The second-order valence-corrected chi connectivity index (χ2v) is 8.20. The van der Waals surface area contributed by atoms with Gasteiger partial charge in [0.05, 0.1) is 18.0 Å². The van der Waals surface area contributed by atoms with Crippen LogP contribution in [-0.4, -0.2) is 39.8 Å². The summed E-state index contributed by atoms with van der Waals surface area (Å²) < 4.78 is 44.0. The van der Waals surface area contributed by atoms with Crippen molar-refractivity contribution < 1.29 is 22.3 Å². The van der Waals surface area contributed by atoms with Gasteiger partial charge in [-0.1, -0.05) is 24.3 Å². The van der Waals surface area contributed by atoms with Gasteiger partial charge in [0.2, 0.25) is 15.9 Å². The monoisotopic (exact) mass is 394 g/mol. The number of benzene rings is 2. The molecule has 0 aliphatic heterocycles. The number of amides is 1. The zero-order chi connectivity index (χ0) is 20.0. The van der Waals surface area contributed by atoms with Gasteiger partial charge in [-0.3, -0.25) is 9.10 Å². The summed E-state index contributed by atoms with van der Waals surface area (Å²) in [5.74, 6) is -0.372. The lowest BCUT2D eigenvalue weighted by molar-refractivity contribution is -0.120. The van der Waals surface area contributed by atoms with Crippen molar-refractivity contribution in [3.63, 3.8) is 0 Å². The fourth-order valence-electron chi connectivity index (χ4n) is 2.46. The van der Waals surface area contributed by atoms with E-state index in [4.69, 9.17) is 4.74 Å². The number of anilines is 1. The zero-order valence-corrected chi connectivity index (χ0v) is 16.3. The van der Waals surface area contributed by atoms with Crippen molar-refractivity contribution in [1.82, 2.24) is 5.32 Å². The Morgan fingerprint density at radius 3 is 2.56 bits per heavy atom. The predicted molar refractivity (Wildman–Crippen MR) is 103 cm³/mol. The maximum absolute atomic E-state index is 13.4. The van der Waals surface area contributed by atoms with Gasteiger partial charge in [0.1, 0.15) is 24.7 Å². The minimum Gasteiger partial charge on any atom is -0.491 e. The molecule has 0 aromatic heterocycles. The van der Waals surface area contributed by atoms with Crippen molar-refractivity contribution in [2.24, 2.45) is 0 Å². The molecule has 2 aromatic carbocycles. The maximum Gasteiger partial charge on any atom is 0.241 e. The van der Waals surface area contributed by atoms with Crippen LogP contribution >= 0.6 is 0 Å². The number of carbonyl (C=O) groups is 1. The van der Waals surface area contributed by atoms with E-state index >= 15 is 0 Å². The van der Waals surface area contributed by atoms with E-state index in [0.717, 1.165) is 27.9 Å². The molecule has 27 heavy (non-hydrogen) atoms. The van der Waals surface area contributed by atoms with Gasteiger partial charge in [-0.15, -0.1) is 0 Å². The normalized spacial score (nSPS) is 12.3. The van der Waals surface area contributed by atoms with Crippen LogP contribution in [0, 0.1) is 12.7 Å². The standard InChI is InChI=1S/C19H23FN2O4S/c1-14-7-4-5-10-18(14)26-13-15(2)21-19(23)12-22(27(3,24)25)17-9-6-8-16(20)11-17/h4-11,15H,12-13H2,1-3H3,(H,21,23)/t15-/m1/s1. The Balaban J connectivity index is 1.98. The lowest BCUT2D eigenvalue weighted by Gasteiger charge is -2.23. The molecule has 6 nitrogen and oxygen atoms in total. The van der Waals surface area contributed by atoms with Gasteiger partial charge in [0.25, 0.3) is 0 Å². The highest BCUT2D eigenvalue weighted by Gasteiger charge is 2.22. The first kappa shape index (κ1) is 20.7. The first-order chi connectivity index (χ1) is 12.7. The quantitative estimate of drug-likeness (QED) is 0.746. The number of carbonyl (C=O) groups excluding carboxylic acids is 1. The molecule has 0 unspecified atom stereocenters. The molecular weight excluding hydrogens is 371 g/mol. The zero-order valence-electron chi connectivity index (χ0n) is 15.5. The van der Waals surface area contributed by atoms with Crippen LogP contribution in [0.1, 0.15) is 12.5 Å². The molecule has 0 fully saturated rings. The minimum atomic E-state index is -3.75. The van der Waals surface area contributed by atoms with Gasteiger partial charge in [-0.25, -0.2) is 12.8 Å². The number of para-hydroxylation sites is 1. The van der Waals surface area contributed by atoms with E-state index < -0.39 is 28.3 Å². The van der Waals surface area contributed by atoms with Crippen LogP contribution in [0.4, 0.5) is 10.1 Å². The van der Waals surface area contributed by atoms with E-state index in [1.807, 2.05) is 31.2 Å². The summed E-state index contributed by atoms with van der Waals surface area (Å²) in [6, 6.07) is 12.3. The van der Waals surface area contributed by atoms with Crippen LogP contribution in [0.3, 0.4) is 0 Å². The number of sulfonamides is 1. The second kappa shape index (κ2) is 8.85. The van der Waals surface area contributed by atoms with Gasteiger partial charge >= 0.3 is 0 Å². The van der Waals surface area contributed by atoms with Crippen LogP contribution in [0.15, 0.2) is 48.5 Å². The summed E-state index contributed by atoms with van der Waals surface area (Å²) in [4.78, 5) is 12.3. The number of aryl methyl sites for hydroxylation is 1. The molecule has 0 radical (unpaired) electrons. The molecule has 0 bridgehead atoms. The Morgan fingerprint density at radius 2 is 1.93 bits per heavy atom. The van der Waals surface area contributed by atoms with Crippen LogP contribution in [0.2, 0.25) is 0 Å². The molecule has 1 N–H and O–H groups in total. The first-order valence-corrected chi connectivity index (χ1v) is 10.2. The topological polar surface area (TPSA) is 75.7 Å². The van der Waals surface area contributed by atoms with Crippen molar-refractivity contribution in [2.45, 2.75) is 19.9 Å². The third kappa shape index (κ3) is 6.25. The first-order valence-electron chi connectivity index (χ1n) is 8.38. The molecular formula is C19H23FN2O4S. The summed E-state index contributed by atoms with van der Waals surface area (Å²) in [6.45, 7) is 3.46. The van der Waals surface area contributed by atoms with Gasteiger partial charge < -0.3 is 10.1 Å². The van der Waals surface area contributed by atoms with E-state index in [9.17, 15) is 17.6 Å². The molecule has 0 heterocycles. The SMILES string of the molecule is Cc1ccccc1OC[C@@H](C)NC(=O)CN(c1cccc(F)c1)S(C)(=O)=O. The molecule has 2 rings (SSSR count). The van der Waals surface area contributed by atoms with Gasteiger partial charge in [0.15, 0.2) is 0 Å². The summed E-state index contributed by atoms with van der Waals surface area (Å²) >= 11 is 0. The summed E-state index contributed by atoms with van der Waals surface area (Å²) in [5, 5.41) is 2.69. The number of nitrogens with zero attached hydrogens (tertiary/aromatic N) is 1. The maximum atomic E-state index is 13.4. The van der Waals surface area contributed by atoms with Gasteiger partial charge in [-0.05, 0) is 43.7 Å². The summed E-state index contributed by atoms with van der Waals surface area (Å²) in [6.07, 6.45) is 0.968. The highest BCUT2D eigenvalue weighted by atomic mass is 32.2. The van der Waals surface area contributed by atoms with Gasteiger partial charge in [0, 0.05) is 0 Å². The average Bonchev–Trinajstić information content (AvgIpc) is 2.58. The number of halogens is 1. The lowest BCUT2D eigenvalue weighted by Crippen LogP contribution is -2.45. The molecule has 0 saturated carbocycles. The lowest BCUT2D eigenvalue weighted by atomic mass is 10.2. The largest absolute Gasteiger partial charge is 0.491 e. The Morgan fingerprint density at radius 1 is 1.22 bits per heavy atom. The second-order valence-electron chi connectivity index (χ2n) is 6.29. The summed E-state index contributed by atoms with van der Waals surface area (Å²) in [5.41, 5.74) is 1.07. The predicted octanol–water partition coefficient (Wildman–Crippen LogP) is 2.48. The molecule has 1 amide bonds. The van der Waals surface area contributed by atoms with E-state index in [-0.39, 0.29) is 18.3 Å². The number of hydrogen-bond acceptors (Lipinski definition) is 4. The molecule has 0 saturated heterocycles. The highest BCUT2D eigenvalue weighted by molar-refractivity contribution is 7.92. The molecule has 2 aromatic rings. The van der Waals surface area contributed by atoms with Crippen molar-refractivity contribution >= 4 is 21.6 Å². The van der Waals surface area contributed by atoms with Crippen LogP contribution < -0.4 is 14.4 Å². The van der Waals surface area contributed by atoms with Crippen molar-refractivity contribution in [1.29, 1.82) is 0 Å². The Labute approximate surface area is 159 Å². The average molecular weight is 394 g/mol. The molecule has 0 aliphatic carbocycles. The number of hydrogen-bond donors (Lipinski definition) is 1. The van der Waals surface area contributed by atoms with E-state index in [1.54, 1.807) is 6.92 Å². The van der Waals surface area contributed by atoms with Crippen LogP contribution in [0.5, 0.6) is 5.75 Å². The fraction of sp³-hybridized carbons (Fsp3) is 0.316. The third-order valence-corrected chi connectivity index (χ3v) is 4.91. The van der Waals surface area contributed by atoms with Crippen molar-refractivity contribution in [3.05, 3.63) is 59.9 Å². The minimum absolute atomic E-state index is 0.0939. The molecule has 0 spiro atoms. The molecule has 8 heteroatoms.